The predicted octanol–water partition coefficient (Wildman–Crippen LogP) is 3.92. The average molecular weight is 362 g/mol. The van der Waals surface area contributed by atoms with E-state index in [1.807, 2.05) is 73.5 Å². The van der Waals surface area contributed by atoms with Crippen molar-refractivity contribution in [3.05, 3.63) is 82.9 Å². The summed E-state index contributed by atoms with van der Waals surface area (Å²) in [6.07, 6.45) is 1.88. The zero-order valence-electron chi connectivity index (χ0n) is 16.2. The van der Waals surface area contributed by atoms with E-state index in [2.05, 4.69) is 17.0 Å². The van der Waals surface area contributed by atoms with Gasteiger partial charge in [0.2, 0.25) is 0 Å². The predicted molar refractivity (Wildman–Crippen MR) is 106 cm³/mol. The lowest BCUT2D eigenvalue weighted by Crippen LogP contribution is -2.32. The van der Waals surface area contributed by atoms with Crippen LogP contribution in [0.2, 0.25) is 0 Å². The van der Waals surface area contributed by atoms with Crippen LogP contribution in [0.3, 0.4) is 0 Å². The highest BCUT2D eigenvalue weighted by molar-refractivity contribution is 5.92. The summed E-state index contributed by atoms with van der Waals surface area (Å²) in [6.45, 7) is 5.07. The fourth-order valence-corrected chi connectivity index (χ4v) is 3.15. The van der Waals surface area contributed by atoms with Crippen LogP contribution in [-0.2, 0) is 26.6 Å². The van der Waals surface area contributed by atoms with Crippen molar-refractivity contribution in [3.8, 4) is 0 Å². The third kappa shape index (κ3) is 4.82. The number of carbonyl (C=O) groups is 1. The van der Waals surface area contributed by atoms with Gasteiger partial charge in [-0.1, -0.05) is 49.7 Å². The SMILES string of the molecule is CCCc1cc(C(=O)N(Cc2ccccc2)Cc2cccc(C)n2)n(C)n1. The van der Waals surface area contributed by atoms with Gasteiger partial charge in [-0.3, -0.25) is 14.5 Å². The van der Waals surface area contributed by atoms with Gasteiger partial charge in [-0.2, -0.15) is 5.10 Å². The van der Waals surface area contributed by atoms with Gasteiger partial charge in [-0.15, -0.1) is 0 Å². The van der Waals surface area contributed by atoms with Crippen LogP contribution in [0.15, 0.2) is 54.6 Å². The monoisotopic (exact) mass is 362 g/mol. The minimum absolute atomic E-state index is 0.0282. The van der Waals surface area contributed by atoms with Crippen LogP contribution in [0.4, 0.5) is 0 Å². The zero-order valence-corrected chi connectivity index (χ0v) is 16.2. The van der Waals surface area contributed by atoms with Gasteiger partial charge >= 0.3 is 0 Å². The number of aromatic nitrogens is 3. The van der Waals surface area contributed by atoms with Gasteiger partial charge in [0.05, 0.1) is 17.9 Å². The average Bonchev–Trinajstić information content (AvgIpc) is 3.02. The van der Waals surface area contributed by atoms with Crippen LogP contribution < -0.4 is 0 Å². The number of benzene rings is 1. The largest absolute Gasteiger partial charge is 0.327 e. The van der Waals surface area contributed by atoms with Gasteiger partial charge in [0, 0.05) is 19.3 Å². The third-order valence-corrected chi connectivity index (χ3v) is 4.46. The van der Waals surface area contributed by atoms with Gasteiger partial charge in [-0.25, -0.2) is 0 Å². The van der Waals surface area contributed by atoms with Crippen molar-refractivity contribution in [2.24, 2.45) is 7.05 Å². The van der Waals surface area contributed by atoms with Gasteiger partial charge < -0.3 is 4.90 Å². The van der Waals surface area contributed by atoms with E-state index in [4.69, 9.17) is 0 Å². The molecule has 0 bridgehead atoms. The van der Waals surface area contributed by atoms with E-state index >= 15 is 0 Å². The molecule has 2 heterocycles. The fraction of sp³-hybridized carbons (Fsp3) is 0.318. The fourth-order valence-electron chi connectivity index (χ4n) is 3.15. The molecule has 1 aromatic carbocycles. The van der Waals surface area contributed by atoms with Crippen molar-refractivity contribution in [2.75, 3.05) is 0 Å². The molecular weight excluding hydrogens is 336 g/mol. The first kappa shape index (κ1) is 18.8. The first-order chi connectivity index (χ1) is 13.1. The summed E-state index contributed by atoms with van der Waals surface area (Å²) in [7, 11) is 1.83. The van der Waals surface area contributed by atoms with E-state index in [9.17, 15) is 4.79 Å². The van der Waals surface area contributed by atoms with Gasteiger partial charge in [0.15, 0.2) is 0 Å². The minimum atomic E-state index is -0.0282. The molecule has 1 amide bonds. The summed E-state index contributed by atoms with van der Waals surface area (Å²) in [4.78, 5) is 19.7. The van der Waals surface area contributed by atoms with Crippen molar-refractivity contribution in [2.45, 2.75) is 39.8 Å². The number of hydrogen-bond acceptors (Lipinski definition) is 3. The normalized spacial score (nSPS) is 10.8. The lowest BCUT2D eigenvalue weighted by Gasteiger charge is -2.22. The molecular formula is C22H26N4O. The number of carbonyl (C=O) groups excluding carboxylic acids is 1. The Balaban J connectivity index is 1.89. The van der Waals surface area contributed by atoms with E-state index in [-0.39, 0.29) is 5.91 Å². The van der Waals surface area contributed by atoms with Crippen molar-refractivity contribution in [1.82, 2.24) is 19.7 Å². The molecule has 3 rings (SSSR count). The lowest BCUT2D eigenvalue weighted by molar-refractivity contribution is 0.0716. The van der Waals surface area contributed by atoms with Crippen LogP contribution in [0, 0.1) is 6.92 Å². The lowest BCUT2D eigenvalue weighted by atomic mass is 10.2. The van der Waals surface area contributed by atoms with Crippen LogP contribution in [0.5, 0.6) is 0 Å². The summed E-state index contributed by atoms with van der Waals surface area (Å²) in [6, 6.07) is 17.9. The van der Waals surface area contributed by atoms with Crippen molar-refractivity contribution < 1.29 is 4.79 Å². The molecule has 0 aliphatic heterocycles. The number of nitrogens with zero attached hydrogens (tertiary/aromatic N) is 4. The highest BCUT2D eigenvalue weighted by Gasteiger charge is 2.21. The Bertz CT molecular complexity index is 902. The second kappa shape index (κ2) is 8.62. The van der Waals surface area contributed by atoms with Crippen LogP contribution in [0.25, 0.3) is 0 Å². The maximum atomic E-state index is 13.3. The Hall–Kier alpha value is -2.95. The second-order valence-corrected chi connectivity index (χ2v) is 6.81. The van der Waals surface area contributed by atoms with Crippen molar-refractivity contribution in [1.29, 1.82) is 0 Å². The summed E-state index contributed by atoms with van der Waals surface area (Å²) >= 11 is 0. The molecule has 0 radical (unpaired) electrons. The van der Waals surface area contributed by atoms with E-state index in [1.165, 1.54) is 0 Å². The molecule has 0 spiro atoms. The number of aryl methyl sites for hydroxylation is 3. The van der Waals surface area contributed by atoms with E-state index < -0.39 is 0 Å². The van der Waals surface area contributed by atoms with E-state index in [0.29, 0.717) is 18.8 Å². The molecule has 0 fully saturated rings. The molecule has 0 saturated carbocycles. The third-order valence-electron chi connectivity index (χ3n) is 4.46. The number of pyridine rings is 1. The highest BCUT2D eigenvalue weighted by Crippen LogP contribution is 2.15. The van der Waals surface area contributed by atoms with E-state index in [1.54, 1.807) is 4.68 Å². The number of hydrogen-bond donors (Lipinski definition) is 0. The first-order valence-electron chi connectivity index (χ1n) is 9.35. The molecule has 5 nitrogen and oxygen atoms in total. The molecule has 0 aliphatic rings. The molecule has 0 unspecified atom stereocenters. The molecule has 0 aliphatic carbocycles. The quantitative estimate of drug-likeness (QED) is 0.640. The molecule has 27 heavy (non-hydrogen) atoms. The smallest absolute Gasteiger partial charge is 0.272 e. The standard InChI is InChI=1S/C22H26N4O/c1-4-9-19-14-21(25(3)24-19)22(27)26(15-18-11-6-5-7-12-18)16-20-13-8-10-17(2)23-20/h5-8,10-14H,4,9,15-16H2,1-3H3. The summed E-state index contributed by atoms with van der Waals surface area (Å²) in [5.74, 6) is -0.0282. The molecule has 5 heteroatoms. The minimum Gasteiger partial charge on any atom is -0.327 e. The Morgan fingerprint density at radius 2 is 1.81 bits per heavy atom. The maximum absolute atomic E-state index is 13.3. The first-order valence-corrected chi connectivity index (χ1v) is 9.35. The summed E-state index contributed by atoms with van der Waals surface area (Å²) in [5.41, 5.74) is 4.49. The van der Waals surface area contributed by atoms with Gasteiger partial charge in [0.25, 0.3) is 5.91 Å². The molecule has 0 atom stereocenters. The van der Waals surface area contributed by atoms with Crippen LogP contribution in [-0.4, -0.2) is 25.6 Å². The Morgan fingerprint density at radius 3 is 2.52 bits per heavy atom. The molecule has 3 aromatic rings. The van der Waals surface area contributed by atoms with E-state index in [0.717, 1.165) is 35.5 Å². The topological polar surface area (TPSA) is 51.0 Å². The van der Waals surface area contributed by atoms with Crippen LogP contribution in [0.1, 0.15) is 46.5 Å². The van der Waals surface area contributed by atoms with Gasteiger partial charge in [-0.05, 0) is 37.1 Å². The molecule has 140 valence electrons. The molecule has 0 N–H and O–H groups in total. The summed E-state index contributed by atoms with van der Waals surface area (Å²) in [5, 5.41) is 4.49. The Kier molecular flexibility index (Phi) is 6.01. The van der Waals surface area contributed by atoms with Crippen molar-refractivity contribution >= 4 is 5.91 Å². The van der Waals surface area contributed by atoms with Crippen LogP contribution >= 0.6 is 0 Å². The number of rotatable bonds is 7. The zero-order chi connectivity index (χ0) is 19.2. The Labute approximate surface area is 160 Å². The maximum Gasteiger partial charge on any atom is 0.272 e. The molecule has 0 saturated heterocycles. The second-order valence-electron chi connectivity index (χ2n) is 6.81. The van der Waals surface area contributed by atoms with Crippen molar-refractivity contribution in [3.63, 3.8) is 0 Å². The molecule has 2 aromatic heterocycles. The van der Waals surface area contributed by atoms with Gasteiger partial charge in [0.1, 0.15) is 5.69 Å². The Morgan fingerprint density at radius 1 is 1.04 bits per heavy atom. The number of amides is 1. The summed E-state index contributed by atoms with van der Waals surface area (Å²) < 4.78 is 1.69. The highest BCUT2D eigenvalue weighted by atomic mass is 16.2.